The molecule has 2 nitrogen and oxygen atoms in total. The monoisotopic (exact) mass is 197 g/mol. The van der Waals surface area contributed by atoms with Crippen LogP contribution in [0.25, 0.3) is 10.9 Å². The van der Waals surface area contributed by atoms with Gasteiger partial charge in [0.25, 0.3) is 0 Å². The highest BCUT2D eigenvalue weighted by atomic mass is 35.5. The second-order valence-electron chi connectivity index (χ2n) is 2.65. The van der Waals surface area contributed by atoms with Crippen molar-refractivity contribution in [1.82, 2.24) is 4.98 Å². The number of aromatic nitrogens is 1. The van der Waals surface area contributed by atoms with E-state index in [1.807, 2.05) is 0 Å². The summed E-state index contributed by atoms with van der Waals surface area (Å²) in [7, 11) is 0. The summed E-state index contributed by atoms with van der Waals surface area (Å²) in [5.74, 6) is -0.578. The number of aromatic amines is 1. The Labute approximate surface area is 78.0 Å². The molecule has 2 aromatic rings. The lowest BCUT2D eigenvalue weighted by Crippen LogP contribution is -2.00. The van der Waals surface area contributed by atoms with Gasteiger partial charge in [-0.05, 0) is 12.1 Å². The molecule has 0 saturated carbocycles. The van der Waals surface area contributed by atoms with Crippen LogP contribution < -0.4 is 5.43 Å². The van der Waals surface area contributed by atoms with Crippen LogP contribution in [0.4, 0.5) is 4.39 Å². The zero-order valence-electron chi connectivity index (χ0n) is 6.47. The molecule has 0 unspecified atom stereocenters. The van der Waals surface area contributed by atoms with E-state index >= 15 is 0 Å². The number of pyridine rings is 1. The molecule has 1 heterocycles. The minimum absolute atomic E-state index is 0.00866. The first-order valence-corrected chi connectivity index (χ1v) is 4.03. The van der Waals surface area contributed by atoms with E-state index in [9.17, 15) is 9.18 Å². The Morgan fingerprint density at radius 3 is 2.92 bits per heavy atom. The normalized spacial score (nSPS) is 10.6. The first-order valence-electron chi connectivity index (χ1n) is 3.65. The van der Waals surface area contributed by atoms with Gasteiger partial charge in [-0.3, -0.25) is 4.79 Å². The van der Waals surface area contributed by atoms with Gasteiger partial charge in [0.15, 0.2) is 5.43 Å². The SMILES string of the molecule is O=c1cc[nH]c2cc(Cl)c(F)cc12. The average molecular weight is 198 g/mol. The van der Waals surface area contributed by atoms with Crippen LogP contribution in [-0.4, -0.2) is 4.98 Å². The van der Waals surface area contributed by atoms with Gasteiger partial charge in [-0.25, -0.2) is 4.39 Å². The van der Waals surface area contributed by atoms with E-state index in [4.69, 9.17) is 11.6 Å². The van der Waals surface area contributed by atoms with Crippen molar-refractivity contribution in [2.45, 2.75) is 0 Å². The van der Waals surface area contributed by atoms with Crippen LogP contribution >= 0.6 is 11.6 Å². The van der Waals surface area contributed by atoms with Crippen molar-refractivity contribution in [3.8, 4) is 0 Å². The highest BCUT2D eigenvalue weighted by Crippen LogP contribution is 2.18. The van der Waals surface area contributed by atoms with Gasteiger partial charge in [0, 0.05) is 17.6 Å². The van der Waals surface area contributed by atoms with E-state index in [0.717, 1.165) is 6.07 Å². The number of hydrogen-bond acceptors (Lipinski definition) is 1. The van der Waals surface area contributed by atoms with E-state index < -0.39 is 5.82 Å². The Hall–Kier alpha value is -1.35. The molecule has 0 atom stereocenters. The molecule has 0 saturated heterocycles. The first-order chi connectivity index (χ1) is 6.18. The molecular formula is C9H5ClFNO. The maximum absolute atomic E-state index is 12.9. The molecule has 1 N–H and O–H groups in total. The van der Waals surface area contributed by atoms with Crippen molar-refractivity contribution in [3.05, 3.63) is 45.5 Å². The summed E-state index contributed by atoms with van der Waals surface area (Å²) >= 11 is 5.54. The van der Waals surface area contributed by atoms with Gasteiger partial charge < -0.3 is 4.98 Å². The van der Waals surface area contributed by atoms with Crippen molar-refractivity contribution in [2.24, 2.45) is 0 Å². The lowest BCUT2D eigenvalue weighted by molar-refractivity contribution is 0.630. The van der Waals surface area contributed by atoms with Crippen LogP contribution in [0.2, 0.25) is 5.02 Å². The number of halogens is 2. The minimum Gasteiger partial charge on any atom is -0.361 e. The number of fused-ring (bicyclic) bond motifs is 1. The standard InChI is InChI=1S/C9H5ClFNO/c10-6-4-8-5(3-7(6)11)9(13)1-2-12-8/h1-4H,(H,12,13). The molecule has 13 heavy (non-hydrogen) atoms. The third-order valence-corrected chi connectivity index (χ3v) is 2.09. The van der Waals surface area contributed by atoms with E-state index in [2.05, 4.69) is 4.98 Å². The molecule has 0 amide bonds. The number of H-pyrrole nitrogens is 1. The molecule has 0 radical (unpaired) electrons. The van der Waals surface area contributed by atoms with E-state index in [1.54, 1.807) is 0 Å². The zero-order valence-corrected chi connectivity index (χ0v) is 7.23. The van der Waals surface area contributed by atoms with Crippen molar-refractivity contribution in [1.29, 1.82) is 0 Å². The summed E-state index contributed by atoms with van der Waals surface area (Å²) in [5.41, 5.74) is 0.322. The number of nitrogens with one attached hydrogen (secondary N) is 1. The van der Waals surface area contributed by atoms with Gasteiger partial charge >= 0.3 is 0 Å². The van der Waals surface area contributed by atoms with Crippen LogP contribution in [0.1, 0.15) is 0 Å². The average Bonchev–Trinajstić information content (AvgIpc) is 2.09. The van der Waals surface area contributed by atoms with Crippen molar-refractivity contribution in [2.75, 3.05) is 0 Å². The summed E-state index contributed by atoms with van der Waals surface area (Å²) in [6.45, 7) is 0. The highest BCUT2D eigenvalue weighted by Gasteiger charge is 2.03. The summed E-state index contributed by atoms with van der Waals surface area (Å²) in [6.07, 6.45) is 1.50. The topological polar surface area (TPSA) is 32.9 Å². The lowest BCUT2D eigenvalue weighted by atomic mass is 10.2. The van der Waals surface area contributed by atoms with Gasteiger partial charge in [-0.15, -0.1) is 0 Å². The van der Waals surface area contributed by atoms with Crippen LogP contribution in [0.3, 0.4) is 0 Å². The fraction of sp³-hybridized carbons (Fsp3) is 0. The molecule has 0 aliphatic rings. The van der Waals surface area contributed by atoms with Gasteiger partial charge in [0.05, 0.1) is 10.5 Å². The molecule has 1 aromatic heterocycles. The second-order valence-corrected chi connectivity index (χ2v) is 3.06. The number of rotatable bonds is 0. The smallest absolute Gasteiger partial charge is 0.189 e. The van der Waals surface area contributed by atoms with E-state index in [-0.39, 0.29) is 10.5 Å². The molecule has 0 bridgehead atoms. The lowest BCUT2D eigenvalue weighted by Gasteiger charge is -1.98. The van der Waals surface area contributed by atoms with E-state index in [0.29, 0.717) is 10.9 Å². The van der Waals surface area contributed by atoms with E-state index in [1.165, 1.54) is 18.3 Å². The Morgan fingerprint density at radius 2 is 2.15 bits per heavy atom. The third kappa shape index (κ3) is 1.31. The number of hydrogen-bond donors (Lipinski definition) is 1. The molecule has 4 heteroatoms. The van der Waals surface area contributed by atoms with Gasteiger partial charge in [0.1, 0.15) is 5.82 Å². The highest BCUT2D eigenvalue weighted by molar-refractivity contribution is 6.31. The predicted octanol–water partition coefficient (Wildman–Crippen LogP) is 2.32. The molecule has 0 aliphatic heterocycles. The summed E-state index contributed by atoms with van der Waals surface area (Å²) in [4.78, 5) is 14.0. The van der Waals surface area contributed by atoms with Crippen molar-refractivity contribution in [3.63, 3.8) is 0 Å². The maximum atomic E-state index is 12.9. The van der Waals surface area contributed by atoms with Gasteiger partial charge in [0.2, 0.25) is 0 Å². The second kappa shape index (κ2) is 2.85. The Balaban J connectivity index is 2.97. The maximum Gasteiger partial charge on any atom is 0.189 e. The summed E-state index contributed by atoms with van der Waals surface area (Å²) in [5, 5.41) is 0.318. The van der Waals surface area contributed by atoms with Crippen LogP contribution in [0, 0.1) is 5.82 Å². The molecule has 0 spiro atoms. The Morgan fingerprint density at radius 1 is 1.38 bits per heavy atom. The van der Waals surface area contributed by atoms with Crippen LogP contribution in [0.5, 0.6) is 0 Å². The predicted molar refractivity (Wildman–Crippen MR) is 49.5 cm³/mol. The molecule has 2 rings (SSSR count). The third-order valence-electron chi connectivity index (χ3n) is 1.80. The fourth-order valence-electron chi connectivity index (χ4n) is 1.17. The number of benzene rings is 1. The molecule has 66 valence electrons. The van der Waals surface area contributed by atoms with Gasteiger partial charge in [-0.2, -0.15) is 0 Å². The van der Waals surface area contributed by atoms with Crippen molar-refractivity contribution < 1.29 is 4.39 Å². The zero-order chi connectivity index (χ0) is 9.42. The minimum atomic E-state index is -0.578. The molecule has 1 aromatic carbocycles. The Kier molecular flexibility index (Phi) is 1.81. The van der Waals surface area contributed by atoms with Crippen molar-refractivity contribution >= 4 is 22.5 Å². The summed E-state index contributed by atoms with van der Waals surface area (Å²) < 4.78 is 12.9. The van der Waals surface area contributed by atoms with Gasteiger partial charge in [-0.1, -0.05) is 11.6 Å². The quantitative estimate of drug-likeness (QED) is 0.691. The first kappa shape index (κ1) is 8.26. The largest absolute Gasteiger partial charge is 0.361 e. The molecule has 0 aliphatic carbocycles. The summed E-state index contributed by atoms with van der Waals surface area (Å²) in [6, 6.07) is 3.87. The molecular weight excluding hydrogens is 193 g/mol. The van der Waals surface area contributed by atoms with Crippen LogP contribution in [0.15, 0.2) is 29.2 Å². The van der Waals surface area contributed by atoms with Crippen LogP contribution in [-0.2, 0) is 0 Å². The Bertz CT molecular complexity index is 520. The molecule has 0 fully saturated rings. The fourth-order valence-corrected chi connectivity index (χ4v) is 1.33.